The van der Waals surface area contributed by atoms with Gasteiger partial charge in [0.25, 0.3) is 11.5 Å². The lowest BCUT2D eigenvalue weighted by Crippen LogP contribution is -2.42. The zero-order valence-electron chi connectivity index (χ0n) is 24.6. The highest BCUT2D eigenvalue weighted by Gasteiger charge is 2.35. The summed E-state index contributed by atoms with van der Waals surface area (Å²) in [5, 5.41) is 0. The summed E-state index contributed by atoms with van der Waals surface area (Å²) in [6.07, 6.45) is 3.10. The van der Waals surface area contributed by atoms with Gasteiger partial charge in [-0.3, -0.25) is 14.2 Å². The van der Waals surface area contributed by atoms with Crippen molar-refractivity contribution in [2.24, 2.45) is 4.99 Å². The maximum absolute atomic E-state index is 14.0. The molecule has 3 aromatic rings. The molecule has 3 aliphatic rings. The maximum atomic E-state index is 14.0. The van der Waals surface area contributed by atoms with E-state index in [0.29, 0.717) is 76.1 Å². The van der Waals surface area contributed by atoms with Crippen LogP contribution in [0.5, 0.6) is 17.2 Å². The molecule has 0 N–H and O–H groups in total. The summed E-state index contributed by atoms with van der Waals surface area (Å²) < 4.78 is 29.6. The third kappa shape index (κ3) is 6.00. The molecule has 1 amide bonds. The second-order valence-electron chi connectivity index (χ2n) is 10.4. The highest BCUT2D eigenvalue weighted by molar-refractivity contribution is 7.07. The number of rotatable bonds is 9. The number of fused-ring (bicyclic) bond motifs is 2. The SMILES string of the molecule is CCCC1=C(C(=O)OCC)[C@H](c2ccc3c(c2)OCO3)n2c(s/c(=C/c3ccc(OCC(=O)N4CCOCC4)cc3)c2=O)=N1. The largest absolute Gasteiger partial charge is 0.484 e. The van der Waals surface area contributed by atoms with Gasteiger partial charge in [0, 0.05) is 13.1 Å². The Morgan fingerprint density at radius 3 is 2.59 bits per heavy atom. The number of carbonyl (C=O) groups is 2. The molecule has 0 spiro atoms. The predicted octanol–water partition coefficient (Wildman–Crippen LogP) is 2.54. The number of allylic oxidation sites excluding steroid dienone is 1. The zero-order chi connectivity index (χ0) is 30.6. The topological polar surface area (TPSA) is 118 Å². The number of ether oxygens (including phenoxy) is 5. The lowest BCUT2D eigenvalue weighted by Gasteiger charge is -2.26. The van der Waals surface area contributed by atoms with Crippen LogP contribution in [0.4, 0.5) is 0 Å². The van der Waals surface area contributed by atoms with E-state index < -0.39 is 12.0 Å². The minimum Gasteiger partial charge on any atom is -0.484 e. The number of morpholine rings is 1. The van der Waals surface area contributed by atoms with Gasteiger partial charge in [-0.2, -0.15) is 0 Å². The van der Waals surface area contributed by atoms with Crippen molar-refractivity contribution in [1.82, 2.24) is 9.47 Å². The minimum absolute atomic E-state index is 0.0549. The van der Waals surface area contributed by atoms with Crippen molar-refractivity contribution in [3.63, 3.8) is 0 Å². The van der Waals surface area contributed by atoms with Gasteiger partial charge in [-0.15, -0.1) is 0 Å². The van der Waals surface area contributed by atoms with E-state index in [2.05, 4.69) is 0 Å². The molecule has 12 heteroatoms. The summed E-state index contributed by atoms with van der Waals surface area (Å²) in [5.74, 6) is 1.13. The lowest BCUT2D eigenvalue weighted by atomic mass is 9.94. The van der Waals surface area contributed by atoms with Gasteiger partial charge < -0.3 is 28.6 Å². The molecule has 0 radical (unpaired) electrons. The Morgan fingerprint density at radius 1 is 1.07 bits per heavy atom. The molecule has 230 valence electrons. The third-order valence-electron chi connectivity index (χ3n) is 7.51. The number of hydrogen-bond donors (Lipinski definition) is 0. The highest BCUT2D eigenvalue weighted by Crippen LogP contribution is 2.38. The summed E-state index contributed by atoms with van der Waals surface area (Å²) in [6.45, 7) is 6.21. The minimum atomic E-state index is -0.747. The summed E-state index contributed by atoms with van der Waals surface area (Å²) in [7, 11) is 0. The van der Waals surface area contributed by atoms with Crippen LogP contribution in [0, 0.1) is 0 Å². The average molecular weight is 620 g/mol. The standard InChI is InChI=1S/C32H33N3O8S/c1-3-5-23-28(31(38)40-4-2)29(21-8-11-24-25(17-21)43-19-42-24)35-30(37)26(44-32(35)33-23)16-20-6-9-22(10-7-20)41-18-27(36)34-12-14-39-15-13-34/h6-11,16-17,29H,3-5,12-15,18-19H2,1-2H3/b26-16+/t29-/m0/s1. The van der Waals surface area contributed by atoms with Gasteiger partial charge in [-0.1, -0.05) is 42.9 Å². The first-order valence-electron chi connectivity index (χ1n) is 14.7. The number of aromatic nitrogens is 1. The Kier molecular flexibility index (Phi) is 8.80. The average Bonchev–Trinajstić information content (AvgIpc) is 3.64. The molecule has 4 heterocycles. The number of hydrogen-bond acceptors (Lipinski definition) is 10. The Balaban J connectivity index is 1.34. The van der Waals surface area contributed by atoms with Crippen molar-refractivity contribution in [3.05, 3.63) is 84.5 Å². The van der Waals surface area contributed by atoms with Crippen molar-refractivity contribution < 1.29 is 33.3 Å². The molecule has 44 heavy (non-hydrogen) atoms. The number of benzene rings is 2. The first kappa shape index (κ1) is 29.6. The maximum Gasteiger partial charge on any atom is 0.338 e. The van der Waals surface area contributed by atoms with E-state index in [0.717, 1.165) is 12.0 Å². The fraction of sp³-hybridized carbons (Fsp3) is 0.375. The third-order valence-corrected chi connectivity index (χ3v) is 8.49. The van der Waals surface area contributed by atoms with Crippen LogP contribution >= 0.6 is 11.3 Å². The lowest BCUT2D eigenvalue weighted by molar-refractivity contribution is -0.139. The summed E-state index contributed by atoms with van der Waals surface area (Å²) in [6, 6.07) is 11.9. The molecule has 0 unspecified atom stereocenters. The molecule has 1 saturated heterocycles. The van der Waals surface area contributed by atoms with E-state index in [-0.39, 0.29) is 31.5 Å². The van der Waals surface area contributed by atoms with Crippen LogP contribution in [0.1, 0.15) is 43.9 Å². The Labute approximate surface area is 257 Å². The van der Waals surface area contributed by atoms with Gasteiger partial charge in [0.2, 0.25) is 6.79 Å². The number of nitrogens with zero attached hydrogens (tertiary/aromatic N) is 3. The van der Waals surface area contributed by atoms with E-state index in [4.69, 9.17) is 28.7 Å². The van der Waals surface area contributed by atoms with Crippen LogP contribution in [0.2, 0.25) is 0 Å². The normalized spacial score (nSPS) is 17.7. The van der Waals surface area contributed by atoms with Gasteiger partial charge in [-0.25, -0.2) is 9.79 Å². The quantitative estimate of drug-likeness (QED) is 0.336. The predicted molar refractivity (Wildman–Crippen MR) is 162 cm³/mol. The van der Waals surface area contributed by atoms with Crippen molar-refractivity contribution in [3.8, 4) is 17.2 Å². The molecule has 0 bridgehead atoms. The van der Waals surface area contributed by atoms with E-state index in [1.807, 2.05) is 25.1 Å². The zero-order valence-corrected chi connectivity index (χ0v) is 25.4. The molecule has 0 aliphatic carbocycles. The van der Waals surface area contributed by atoms with Crippen LogP contribution in [0.25, 0.3) is 6.08 Å². The van der Waals surface area contributed by atoms with Gasteiger partial charge >= 0.3 is 5.97 Å². The molecule has 1 aromatic heterocycles. The van der Waals surface area contributed by atoms with Crippen LogP contribution in [-0.4, -0.2) is 67.7 Å². The Bertz CT molecular complexity index is 1770. The van der Waals surface area contributed by atoms with Crippen molar-refractivity contribution >= 4 is 29.3 Å². The van der Waals surface area contributed by atoms with E-state index in [1.165, 1.54) is 11.3 Å². The molecular formula is C32H33N3O8S. The molecule has 1 atom stereocenters. The number of carbonyl (C=O) groups excluding carboxylic acids is 2. The van der Waals surface area contributed by atoms with Gasteiger partial charge in [0.1, 0.15) is 5.75 Å². The van der Waals surface area contributed by atoms with E-state index >= 15 is 0 Å². The van der Waals surface area contributed by atoms with Crippen LogP contribution in [0.15, 0.2) is 63.5 Å². The fourth-order valence-corrected chi connectivity index (χ4v) is 6.40. The Hall–Kier alpha value is -4.42. The van der Waals surface area contributed by atoms with Gasteiger partial charge in [-0.05, 0) is 54.8 Å². The summed E-state index contributed by atoms with van der Waals surface area (Å²) in [4.78, 5) is 46.8. The number of thiazole rings is 1. The van der Waals surface area contributed by atoms with Crippen molar-refractivity contribution in [2.75, 3.05) is 46.3 Å². The van der Waals surface area contributed by atoms with Crippen LogP contribution < -0.4 is 29.1 Å². The number of esters is 1. The highest BCUT2D eigenvalue weighted by atomic mass is 32.1. The van der Waals surface area contributed by atoms with Crippen LogP contribution in [-0.2, 0) is 19.1 Å². The van der Waals surface area contributed by atoms with Crippen molar-refractivity contribution in [1.29, 1.82) is 0 Å². The smallest absolute Gasteiger partial charge is 0.338 e. The molecule has 1 fully saturated rings. The molecule has 0 saturated carbocycles. The molecule has 6 rings (SSSR count). The Morgan fingerprint density at radius 2 is 1.84 bits per heavy atom. The first-order valence-corrected chi connectivity index (χ1v) is 15.5. The molecule has 2 aromatic carbocycles. The summed E-state index contributed by atoms with van der Waals surface area (Å²) >= 11 is 1.27. The number of amides is 1. The monoisotopic (exact) mass is 619 g/mol. The van der Waals surface area contributed by atoms with Gasteiger partial charge in [0.05, 0.1) is 41.7 Å². The van der Waals surface area contributed by atoms with E-state index in [9.17, 15) is 14.4 Å². The van der Waals surface area contributed by atoms with Crippen molar-refractivity contribution in [2.45, 2.75) is 32.7 Å². The van der Waals surface area contributed by atoms with E-state index in [1.54, 1.807) is 46.7 Å². The second kappa shape index (κ2) is 13.1. The van der Waals surface area contributed by atoms with Crippen LogP contribution in [0.3, 0.4) is 0 Å². The molecule has 3 aliphatic heterocycles. The van der Waals surface area contributed by atoms with Gasteiger partial charge in [0.15, 0.2) is 22.9 Å². The first-order chi connectivity index (χ1) is 21.5. The molecule has 11 nitrogen and oxygen atoms in total. The summed E-state index contributed by atoms with van der Waals surface area (Å²) in [5.41, 5.74) is 2.15. The molecular weight excluding hydrogens is 586 g/mol. The second-order valence-corrected chi connectivity index (χ2v) is 11.4. The fourth-order valence-electron chi connectivity index (χ4n) is 5.38.